The van der Waals surface area contributed by atoms with Crippen LogP contribution in [0.15, 0.2) is 162 Å². The Balaban J connectivity index is 0.000000823. The molecule has 0 bridgehead atoms. The Bertz CT molecular complexity index is 5120. The van der Waals surface area contributed by atoms with Gasteiger partial charge in [-0.2, -0.15) is 60.3 Å². The van der Waals surface area contributed by atoms with Crippen LogP contribution in [0.4, 0.5) is 17.6 Å². The number of rotatable bonds is 6. The van der Waals surface area contributed by atoms with Crippen LogP contribution >= 0.6 is 62.3 Å². The zero-order valence-corrected chi connectivity index (χ0v) is 91.7. The van der Waals surface area contributed by atoms with Gasteiger partial charge in [0.05, 0.1) is 5.56 Å². The number of aromatic nitrogens is 9. The van der Waals surface area contributed by atoms with Crippen molar-refractivity contribution in [1.29, 1.82) is 0 Å². The summed E-state index contributed by atoms with van der Waals surface area (Å²) in [6, 6.07) is 51.6. The summed E-state index contributed by atoms with van der Waals surface area (Å²) in [5.41, 5.74) is 16.8. The van der Waals surface area contributed by atoms with Crippen LogP contribution in [-0.2, 0) is 63.6 Å². The summed E-state index contributed by atoms with van der Waals surface area (Å²) in [6.07, 6.45) is 5.11. The van der Waals surface area contributed by atoms with Crippen molar-refractivity contribution in [3.05, 3.63) is 268 Å². The number of ether oxygens (including phenoxy) is 2. The largest absolute Gasteiger partial charge is 2.00 e. The van der Waals surface area contributed by atoms with Crippen molar-refractivity contribution in [3.63, 3.8) is 0 Å². The van der Waals surface area contributed by atoms with Crippen LogP contribution in [0.2, 0.25) is 21.1 Å². The van der Waals surface area contributed by atoms with Crippen LogP contribution in [0.25, 0.3) is 56.9 Å². The number of halogens is 10. The fourth-order valence-corrected chi connectivity index (χ4v) is 13.6. The molecule has 0 aliphatic carbocycles. The minimum Gasteiger partial charge on any atom is -1.00 e. The van der Waals surface area contributed by atoms with E-state index in [1.807, 2.05) is 48.5 Å². The minimum atomic E-state index is -1.97. The first-order valence-electron chi connectivity index (χ1n) is 43.5. The van der Waals surface area contributed by atoms with E-state index in [1.165, 1.54) is 85.8 Å². The molecular weight excluding hydrogens is 1890 g/mol. The predicted octanol–water partition coefficient (Wildman–Crippen LogP) is 25.5. The Kier molecular flexibility index (Phi) is 45.9. The molecule has 0 saturated carbocycles. The van der Waals surface area contributed by atoms with Crippen molar-refractivity contribution in [2.45, 2.75) is 288 Å². The summed E-state index contributed by atoms with van der Waals surface area (Å²) in [4.78, 5) is 38.2. The van der Waals surface area contributed by atoms with Crippen LogP contribution in [-0.4, -0.2) is 135 Å². The molecule has 0 atom stereocenters. The predicted molar refractivity (Wildman–Crippen MR) is 543 cm³/mol. The molecule has 2 saturated heterocycles. The Hall–Kier alpha value is -5.93. The van der Waals surface area contributed by atoms with Crippen molar-refractivity contribution < 1.29 is 56.9 Å². The molecule has 702 valence electrons. The van der Waals surface area contributed by atoms with E-state index in [0.717, 1.165) is 85.1 Å². The van der Waals surface area contributed by atoms with Gasteiger partial charge >= 0.3 is 53.2 Å². The maximum atomic E-state index is 14.6. The number of hydrogen-bond donors (Lipinski definition) is 2. The molecule has 2 aliphatic rings. The molecule has 3 aromatic heterocycles. The van der Waals surface area contributed by atoms with Crippen LogP contribution in [0, 0.1) is 29.3 Å². The molecule has 2 aliphatic heterocycles. The standard InChI is InChI=1S/C31H42ClN3.C29H29F2N3.C14H21Br.C14H21.C6H5BF2O2.2C4H8O.C3Cl3N3.BrH.2Mg.2H/c1-28(2,3)21-13-19(14-22(17-21)29(4,5)6)25-33-26(35-27(32)34-25)20-15-23(30(7,8)9)18-24(16-20)31(10,11)12;1-28(2,3)20-11-7-18(8-12-20)25-32-26(19-9-13-21(14-10-19)29(4,5)6)34-27(33-25)23-17-22(30)15-16-24(23)31;1-13(2,3)10-7-11(14(4,5)6)9-12(15)8-10;1-13(2,3)11-8-7-9-12(10-11)14(4,5)6;8-4-1-2-6(9)5(3-4)7(10)11;2*1-2-4-5-3-1;4-1-7-2(5)9-3(6)8-1;;;;;/h13-18H,1-12H3;7-17H,1-6H3;7-9H,1-6H3;8-10H,1-6H3;1-3,10-11H;2*1-4H2;;1H;;;;/q;;;-1;;;;;;2*+2;2*-1/p-1. The van der Waals surface area contributed by atoms with Gasteiger partial charge in [0, 0.05) is 58.6 Å². The molecule has 11 aromatic rings. The maximum absolute atomic E-state index is 14.6. The molecule has 2 fully saturated rings. The molecule has 5 heterocycles. The second kappa shape index (κ2) is 50.4. The summed E-state index contributed by atoms with van der Waals surface area (Å²) in [7, 11) is -1.97. The molecule has 13 rings (SSSR count). The number of benzene rings is 8. The molecule has 0 radical (unpaired) electrons. The van der Waals surface area contributed by atoms with Crippen LogP contribution < -0.4 is 22.4 Å². The summed E-state index contributed by atoms with van der Waals surface area (Å²) in [5, 5.41) is 17.2. The Morgan fingerprint density at radius 3 is 0.824 bits per heavy atom. The average Bonchev–Trinajstić information content (AvgIpc) is 1.00. The fourth-order valence-electron chi connectivity index (χ4n) is 12.3. The average molecular weight is 2030 g/mol. The van der Waals surface area contributed by atoms with E-state index in [2.05, 4.69) is 337 Å². The van der Waals surface area contributed by atoms with Gasteiger partial charge in [-0.1, -0.05) is 301 Å². The van der Waals surface area contributed by atoms with Gasteiger partial charge in [0.2, 0.25) is 21.1 Å². The number of nitrogens with zero attached hydrogens (tertiary/aromatic N) is 9. The summed E-state index contributed by atoms with van der Waals surface area (Å²) >= 11 is 26.1. The molecule has 0 amide bonds. The first-order valence-corrected chi connectivity index (χ1v) is 45.8. The van der Waals surface area contributed by atoms with Gasteiger partial charge in [-0.05, 0) is 233 Å². The van der Waals surface area contributed by atoms with Gasteiger partial charge in [0.1, 0.15) is 23.3 Å². The van der Waals surface area contributed by atoms with E-state index in [0.29, 0.717) is 23.3 Å². The Morgan fingerprint density at radius 2 is 0.557 bits per heavy atom. The Labute approximate surface area is 854 Å². The third kappa shape index (κ3) is 39.6. The Morgan fingerprint density at radius 1 is 0.305 bits per heavy atom. The number of hydrogen-bond acceptors (Lipinski definition) is 13. The van der Waals surface area contributed by atoms with Crippen LogP contribution in [0.1, 0.15) is 292 Å². The van der Waals surface area contributed by atoms with Crippen LogP contribution in [0.5, 0.6) is 0 Å². The fraction of sp³-hybridized carbons (Fsp3) is 0.457. The normalized spacial score (nSPS) is 12.9. The van der Waals surface area contributed by atoms with Gasteiger partial charge in [0.25, 0.3) is 0 Å². The molecule has 8 aromatic carbocycles. The summed E-state index contributed by atoms with van der Waals surface area (Å²) < 4.78 is 64.5. The second-order valence-corrected chi connectivity index (χ2v) is 44.8. The monoisotopic (exact) mass is 2020 g/mol. The van der Waals surface area contributed by atoms with Crippen molar-refractivity contribution >= 4 is 121 Å². The third-order valence-corrected chi connectivity index (χ3v) is 22.0. The van der Waals surface area contributed by atoms with Gasteiger partial charge < -0.3 is 39.4 Å². The molecular formula is C105H136BBr2Cl4F4Mg2N9O4. The second-order valence-electron chi connectivity index (χ2n) is 42.5. The van der Waals surface area contributed by atoms with Gasteiger partial charge in [-0.25, -0.2) is 37.5 Å². The summed E-state index contributed by atoms with van der Waals surface area (Å²) in [5.74, 6) is -0.550. The maximum Gasteiger partial charge on any atom is 2.00 e. The van der Waals surface area contributed by atoms with E-state index < -0.39 is 35.9 Å². The molecule has 13 nitrogen and oxygen atoms in total. The van der Waals surface area contributed by atoms with Gasteiger partial charge in [-0.3, -0.25) is 0 Å². The molecule has 0 spiro atoms. The van der Waals surface area contributed by atoms with Crippen molar-refractivity contribution in [3.8, 4) is 56.9 Å². The van der Waals surface area contributed by atoms with Crippen molar-refractivity contribution in [2.24, 2.45) is 0 Å². The van der Waals surface area contributed by atoms with E-state index >= 15 is 0 Å². The topological polar surface area (TPSA) is 175 Å². The van der Waals surface area contributed by atoms with Gasteiger partial charge in [0.15, 0.2) is 29.1 Å². The molecule has 2 N–H and O–H groups in total. The quantitative estimate of drug-likeness (QED) is 0.0915. The van der Waals surface area contributed by atoms with Crippen LogP contribution in [0.3, 0.4) is 0 Å². The zero-order valence-electron chi connectivity index (χ0n) is 84.7. The minimum absolute atomic E-state index is 0. The summed E-state index contributed by atoms with van der Waals surface area (Å²) in [6.45, 7) is 70.6. The van der Waals surface area contributed by atoms with E-state index in [4.69, 9.17) is 75.9 Å². The first kappa shape index (κ1) is 119. The van der Waals surface area contributed by atoms with E-state index in [1.54, 1.807) is 0 Å². The molecule has 26 heteroatoms. The van der Waals surface area contributed by atoms with E-state index in [9.17, 15) is 17.6 Å². The molecule has 0 unspecified atom stereocenters. The van der Waals surface area contributed by atoms with Crippen molar-refractivity contribution in [1.82, 2.24) is 44.9 Å². The first-order chi connectivity index (χ1) is 58.8. The third-order valence-electron chi connectivity index (χ3n) is 20.9. The van der Waals surface area contributed by atoms with Gasteiger partial charge in [-0.15, -0.1) is 0 Å². The van der Waals surface area contributed by atoms with E-state index in [-0.39, 0.29) is 153 Å². The van der Waals surface area contributed by atoms with Crippen molar-refractivity contribution in [2.75, 3.05) is 26.4 Å². The molecule has 131 heavy (non-hydrogen) atoms. The SMILES string of the molecule is C1CCOC1.C1CCOC1.CC(C)(C)c1c[c-]cc(C(C)(C)C)c1.CC(C)(C)c1cc(-c2nc(Cl)nc(-c3cc(C(C)(C)C)cc(C(C)(C)C)c3)n2)cc(C(C)(C)C)c1.CC(C)(C)c1cc(Br)cc(C(C)(C)C)c1.CC(C)(C)c1ccc(-c2nc(-c3ccc(C(C)(C)C)cc3)nc(-c3cc(F)ccc3F)n2)cc1.Clc1nc(Cl)nc(Cl)n1.OB(O)c1cc(F)ccc1F.[Br-].[H-].[H-].[Mg+2].[Mg+2]. The smallest absolute Gasteiger partial charge is 1.00 e. The zero-order chi connectivity index (χ0) is 96.4.